The maximum absolute atomic E-state index is 14.5. The summed E-state index contributed by atoms with van der Waals surface area (Å²) in [4.78, 5) is 176. The number of nitrogens with two attached hydrogens (primary N) is 6. The van der Waals surface area contributed by atoms with Gasteiger partial charge in [0.05, 0.1) is 36.0 Å². The average Bonchev–Trinajstić information content (AvgIpc) is 1.71. The van der Waals surface area contributed by atoms with Gasteiger partial charge in [0.2, 0.25) is 47.3 Å². The van der Waals surface area contributed by atoms with Crippen molar-refractivity contribution in [3.05, 3.63) is 96.1 Å². The van der Waals surface area contributed by atoms with Gasteiger partial charge in [-0.05, 0) is 135 Å². The molecular formula is C86H130N14O12S2. The highest BCUT2D eigenvalue weighted by Crippen LogP contribution is 2.35. The predicted molar refractivity (Wildman–Crippen MR) is 453 cm³/mol. The smallest absolute Gasteiger partial charge is 0.243 e. The van der Waals surface area contributed by atoms with E-state index in [1.807, 2.05) is 96.2 Å². The minimum atomic E-state index is -0.987. The fourth-order valence-corrected chi connectivity index (χ4v) is 18.1. The molecule has 16 N–H and O–H groups in total. The van der Waals surface area contributed by atoms with Gasteiger partial charge in [-0.15, -0.1) is 6.58 Å². The second-order valence-corrected chi connectivity index (χ2v) is 35.5. The van der Waals surface area contributed by atoms with Gasteiger partial charge in [0.15, 0.2) is 35.1 Å². The number of ketones is 4. The molecule has 10 atom stereocenters. The van der Waals surface area contributed by atoms with Gasteiger partial charge in [-0.25, -0.2) is 0 Å². The summed E-state index contributed by atoms with van der Waals surface area (Å²) in [5.74, 6) is -6.10. The number of rotatable bonds is 35. The summed E-state index contributed by atoms with van der Waals surface area (Å²) in [5, 5.41) is 12.1. The van der Waals surface area contributed by atoms with Crippen LogP contribution in [0.15, 0.2) is 83.8 Å². The van der Waals surface area contributed by atoms with Crippen molar-refractivity contribution in [3.63, 3.8) is 0 Å². The second-order valence-electron chi connectivity index (χ2n) is 33.5. The van der Waals surface area contributed by atoms with Crippen molar-refractivity contribution in [1.29, 1.82) is 0 Å². The number of nitrogens with zero attached hydrogens (tertiary/aromatic N) is 4. The van der Waals surface area contributed by atoms with Crippen LogP contribution in [0.5, 0.6) is 0 Å². The lowest BCUT2D eigenvalue weighted by Gasteiger charge is -2.33. The summed E-state index contributed by atoms with van der Waals surface area (Å²) >= 11 is 3.02. The molecular weight excluding hydrogens is 1490 g/mol. The second kappa shape index (κ2) is 47.4. The highest BCUT2D eigenvalue weighted by molar-refractivity contribution is 7.98. The standard InChI is InChI=1S/C44H67N7O6S.C42H63N7O6S/c1-6-8-21-38(54)51-23-14-20-35(51)42(57)50-39(31-17-10-9-11-18-31)37(53)25-32(28-58-27-30-16-12-15-29(7-2)24-30)41(56)49-34(19-13-22-48-43(46)47)36(52)26-33(40(45)55)44(3,4)5;1-42(2,3)31(38(43)53)24-34(50)32(17-10-20-46-41(44)45)47-39(54)30-23-35(51)37(29-15-5-4-6-16-29)48-40(55)33-18-11-21-49(33)36(52)19-8-7-12-27-13-9-14-28(22-27)25-56-26-30/h6-7,12,15-16,24,31-35,39H,1-2,8-11,13-14,17-23,25-28H2,3-5H3,(H2,45,55)(H,49,56)(H,50,57)(H4,46,47,48);7,9,12-14,22,29-33,37H,4-6,8,10-11,15-21,23-26H2,1-3H3,(H2,43,53)(H,47,54)(H,48,55)(H4,44,45,46)/b;12-7+/t32-,33+,34-,35-,39-;30-,31+,32-,33-,37-/m00/s1. The van der Waals surface area contributed by atoms with E-state index in [0.29, 0.717) is 76.0 Å². The molecule has 0 aromatic heterocycles. The third-order valence-electron chi connectivity index (χ3n) is 22.5. The molecule has 2 aromatic carbocycles. The summed E-state index contributed by atoms with van der Waals surface area (Å²) in [6.45, 7) is 20.0. The summed E-state index contributed by atoms with van der Waals surface area (Å²) in [6, 6.07) is 11.0. The van der Waals surface area contributed by atoms with Crippen LogP contribution in [0.25, 0.3) is 12.2 Å². The molecule has 26 nitrogen and oxygen atoms in total. The molecule has 4 fully saturated rings. The minimum Gasteiger partial charge on any atom is -0.370 e. The van der Waals surface area contributed by atoms with E-state index in [4.69, 9.17) is 34.4 Å². The summed E-state index contributed by atoms with van der Waals surface area (Å²) < 4.78 is 0. The van der Waals surface area contributed by atoms with Crippen LogP contribution in [0.4, 0.5) is 0 Å². The van der Waals surface area contributed by atoms with Gasteiger partial charge >= 0.3 is 0 Å². The Morgan fingerprint density at radius 2 is 1.29 bits per heavy atom. The van der Waals surface area contributed by atoms with Gasteiger partial charge in [0, 0.05) is 99.6 Å². The molecule has 628 valence electrons. The number of guanidine groups is 2. The lowest BCUT2D eigenvalue weighted by molar-refractivity contribution is -0.140. The van der Waals surface area contributed by atoms with Crippen molar-refractivity contribution in [2.75, 3.05) is 37.7 Å². The lowest BCUT2D eigenvalue weighted by atomic mass is 9.76. The van der Waals surface area contributed by atoms with Crippen LogP contribution in [-0.4, -0.2) is 166 Å². The van der Waals surface area contributed by atoms with Crippen LogP contribution in [0.1, 0.15) is 231 Å². The molecule has 7 rings (SSSR count). The van der Waals surface area contributed by atoms with E-state index < -0.39 is 94.4 Å². The number of hydrogen-bond acceptors (Lipinski definition) is 16. The number of carbonyl (C=O) groups excluding carboxylic acids is 12. The largest absolute Gasteiger partial charge is 0.370 e. The molecule has 0 radical (unpaired) electrons. The lowest BCUT2D eigenvalue weighted by Crippen LogP contribution is -2.54. The van der Waals surface area contributed by atoms with E-state index in [1.54, 1.807) is 22.0 Å². The first-order valence-corrected chi connectivity index (χ1v) is 43.3. The van der Waals surface area contributed by atoms with Gasteiger partial charge in [-0.3, -0.25) is 67.5 Å². The molecule has 28 heteroatoms. The van der Waals surface area contributed by atoms with E-state index >= 15 is 0 Å². The third kappa shape index (κ3) is 31.2. The first-order valence-electron chi connectivity index (χ1n) is 41.0. The fraction of sp³-hybridized carbons (Fsp3) is 0.628. The van der Waals surface area contributed by atoms with Crippen molar-refractivity contribution in [2.24, 2.45) is 90.7 Å². The van der Waals surface area contributed by atoms with E-state index in [1.165, 1.54) is 23.5 Å². The maximum Gasteiger partial charge on any atom is 0.243 e. The molecule has 2 bridgehead atoms. The number of fused-ring (bicyclic) bond motifs is 3. The van der Waals surface area contributed by atoms with E-state index in [2.05, 4.69) is 50.5 Å². The molecule has 3 heterocycles. The summed E-state index contributed by atoms with van der Waals surface area (Å²) in [5.41, 5.74) is 36.4. The fourth-order valence-electron chi connectivity index (χ4n) is 16.0. The Bertz CT molecular complexity index is 3720. The number of carbonyl (C=O) groups is 12. The summed E-state index contributed by atoms with van der Waals surface area (Å²) in [7, 11) is 0. The molecule has 2 aromatic rings. The van der Waals surface area contributed by atoms with Crippen LogP contribution in [0.3, 0.4) is 0 Å². The van der Waals surface area contributed by atoms with Crippen molar-refractivity contribution < 1.29 is 57.5 Å². The minimum absolute atomic E-state index is 0.0836. The molecule has 2 aliphatic carbocycles. The van der Waals surface area contributed by atoms with Crippen molar-refractivity contribution >= 4 is 118 Å². The zero-order valence-corrected chi connectivity index (χ0v) is 69.9. The third-order valence-corrected chi connectivity index (χ3v) is 24.9. The number of benzene rings is 2. The number of allylic oxidation sites excluding steroid dienone is 2. The number of Topliss-reactive ketones (excluding diaryl/α,β-unsaturated/α-hetero) is 4. The predicted octanol–water partition coefficient (Wildman–Crippen LogP) is 8.81. The topological polar surface area (TPSA) is 440 Å². The van der Waals surface area contributed by atoms with Crippen LogP contribution in [-0.2, 0) is 69.0 Å². The van der Waals surface area contributed by atoms with Gasteiger partial charge in [-0.1, -0.05) is 159 Å². The Labute approximate surface area is 683 Å². The quantitative estimate of drug-likeness (QED) is 0.0133. The van der Waals surface area contributed by atoms with Crippen LogP contribution in [0.2, 0.25) is 0 Å². The molecule has 3 aliphatic heterocycles. The van der Waals surface area contributed by atoms with E-state index in [9.17, 15) is 57.5 Å². The zero-order chi connectivity index (χ0) is 83.7. The SMILES string of the molecule is C=CCCC(=O)N1CCC[C@H]1C(=O)N[C@H](C(=O)C[C@@H](CSCc1cccc(C=C)c1)C(=O)N[C@@H](CCCN=C(N)N)C(=O)C[C@H](C(N)=O)C(C)(C)C)C1CCCCC1.CC(C)(C)[C@H](CC(=O)[C@H](CCCN=C(N)N)NC(=O)[C@@H]1CSCc2cccc(c2)/C=C/CCC(=O)N2CCC[C@H]2C(=O)N[C@@H](C2CCCCC2)C(=O)C1)C(N)=O. The highest BCUT2D eigenvalue weighted by atomic mass is 32.2. The maximum atomic E-state index is 14.5. The Hall–Kier alpha value is -8.66. The first-order chi connectivity index (χ1) is 54.2. The first kappa shape index (κ1) is 94.2. The molecule has 2 saturated carbocycles. The molecule has 2 saturated heterocycles. The monoisotopic (exact) mass is 1610 g/mol. The molecule has 114 heavy (non-hydrogen) atoms. The molecule has 8 amide bonds. The summed E-state index contributed by atoms with van der Waals surface area (Å²) in [6.07, 6.45) is 20.9. The van der Waals surface area contributed by atoms with Gasteiger partial charge in [0.1, 0.15) is 12.1 Å². The number of amides is 8. The normalized spacial score (nSPS) is 20.7. The number of nitrogens with one attached hydrogen (secondary N) is 4. The van der Waals surface area contributed by atoms with Crippen molar-refractivity contribution in [2.45, 2.75) is 256 Å². The highest BCUT2D eigenvalue weighted by Gasteiger charge is 2.43. The molecule has 5 aliphatic rings. The Kier molecular flexibility index (Phi) is 39.2. The number of aliphatic imine (C=N–C) groups is 2. The number of hydrogen-bond donors (Lipinski definition) is 10. The number of likely N-dealkylation sites (tertiary alicyclic amines) is 1. The van der Waals surface area contributed by atoms with Crippen LogP contribution < -0.4 is 55.7 Å². The Balaban J connectivity index is 0.000000355. The van der Waals surface area contributed by atoms with Gasteiger partial charge in [0.25, 0.3) is 0 Å². The van der Waals surface area contributed by atoms with Crippen LogP contribution >= 0.6 is 23.5 Å². The average molecular weight is 1620 g/mol. The van der Waals surface area contributed by atoms with Gasteiger partial charge < -0.3 is 65.5 Å². The van der Waals surface area contributed by atoms with Crippen LogP contribution in [0, 0.1) is 46.3 Å². The Morgan fingerprint density at radius 3 is 1.89 bits per heavy atom. The van der Waals surface area contributed by atoms with Crippen molar-refractivity contribution in [3.8, 4) is 0 Å². The van der Waals surface area contributed by atoms with E-state index in [0.717, 1.165) is 86.5 Å². The van der Waals surface area contributed by atoms with E-state index in [-0.39, 0.29) is 146 Å². The zero-order valence-electron chi connectivity index (χ0n) is 68.3. The van der Waals surface area contributed by atoms with Crippen molar-refractivity contribution in [1.82, 2.24) is 31.1 Å². The number of primary amides is 2. The molecule has 0 spiro atoms. The Morgan fingerprint density at radius 1 is 0.684 bits per heavy atom. The molecule has 0 unspecified atom stereocenters. The van der Waals surface area contributed by atoms with Gasteiger partial charge in [-0.2, -0.15) is 23.5 Å². The number of thioether (sulfide) groups is 2.